The third kappa shape index (κ3) is 6.94. The molecule has 2 fully saturated rings. The third-order valence-electron chi connectivity index (χ3n) is 5.45. The van der Waals surface area contributed by atoms with Gasteiger partial charge in [0.1, 0.15) is 6.04 Å². The number of carbonyl (C=O) groups excluding carboxylic acids is 2. The van der Waals surface area contributed by atoms with Crippen molar-refractivity contribution in [2.45, 2.75) is 76.8 Å². The Morgan fingerprint density at radius 1 is 1.08 bits per heavy atom. The van der Waals surface area contributed by atoms with E-state index in [0.717, 1.165) is 38.9 Å². The average molecular weight is 354 g/mol. The highest BCUT2D eigenvalue weighted by molar-refractivity contribution is 5.87. The minimum absolute atomic E-state index is 0.236. The first-order chi connectivity index (χ1) is 12.1. The highest BCUT2D eigenvalue weighted by Crippen LogP contribution is 2.27. The summed E-state index contributed by atoms with van der Waals surface area (Å²) in [6, 6.07) is -1.15. The number of nitrogens with one attached hydrogen (secondary N) is 1. The maximum Gasteiger partial charge on any atom is 0.328 e. The number of hydrogen-bond acceptors (Lipinski definition) is 5. The first-order valence-electron chi connectivity index (χ1n) is 9.90. The second-order valence-electron chi connectivity index (χ2n) is 7.45. The number of carbonyl (C=O) groups is 2. The SMILES string of the molecule is CCOC(=O)[C@H](CC1CCCCC1)NC(=O)C(N)CC1CCOCC1. The molecule has 1 unspecified atom stereocenters. The molecule has 6 heteroatoms. The lowest BCUT2D eigenvalue weighted by molar-refractivity contribution is -0.148. The zero-order valence-corrected chi connectivity index (χ0v) is 15.5. The molecule has 1 aliphatic carbocycles. The van der Waals surface area contributed by atoms with Gasteiger partial charge in [-0.1, -0.05) is 32.1 Å². The Morgan fingerprint density at radius 2 is 1.72 bits per heavy atom. The Morgan fingerprint density at radius 3 is 2.36 bits per heavy atom. The van der Waals surface area contributed by atoms with E-state index in [1.807, 2.05) is 0 Å². The van der Waals surface area contributed by atoms with Crippen LogP contribution >= 0.6 is 0 Å². The van der Waals surface area contributed by atoms with Crippen molar-refractivity contribution in [2.24, 2.45) is 17.6 Å². The summed E-state index contributed by atoms with van der Waals surface area (Å²) in [4.78, 5) is 24.8. The summed E-state index contributed by atoms with van der Waals surface area (Å²) in [6.07, 6.45) is 9.13. The van der Waals surface area contributed by atoms with Crippen molar-refractivity contribution in [3.05, 3.63) is 0 Å². The fourth-order valence-corrected chi connectivity index (χ4v) is 3.94. The van der Waals surface area contributed by atoms with Crippen LogP contribution in [-0.4, -0.2) is 43.8 Å². The smallest absolute Gasteiger partial charge is 0.328 e. The van der Waals surface area contributed by atoms with Crippen molar-refractivity contribution in [1.82, 2.24) is 5.32 Å². The van der Waals surface area contributed by atoms with E-state index in [2.05, 4.69) is 5.32 Å². The lowest BCUT2D eigenvalue weighted by Crippen LogP contribution is -2.50. The molecule has 1 saturated carbocycles. The summed E-state index contributed by atoms with van der Waals surface area (Å²) >= 11 is 0. The van der Waals surface area contributed by atoms with Gasteiger partial charge in [-0.3, -0.25) is 4.79 Å². The Balaban J connectivity index is 1.86. The number of amides is 1. The zero-order chi connectivity index (χ0) is 18.1. The molecule has 0 aromatic rings. The van der Waals surface area contributed by atoms with E-state index < -0.39 is 12.1 Å². The maximum absolute atomic E-state index is 12.5. The van der Waals surface area contributed by atoms with Crippen LogP contribution in [0.15, 0.2) is 0 Å². The molecule has 0 aromatic heterocycles. The van der Waals surface area contributed by atoms with Gasteiger partial charge >= 0.3 is 5.97 Å². The Hall–Kier alpha value is -1.14. The van der Waals surface area contributed by atoms with Crippen molar-refractivity contribution in [3.8, 4) is 0 Å². The van der Waals surface area contributed by atoms with Crippen molar-refractivity contribution >= 4 is 11.9 Å². The second kappa shape index (κ2) is 10.8. The van der Waals surface area contributed by atoms with Gasteiger partial charge in [0.15, 0.2) is 0 Å². The number of ether oxygens (including phenoxy) is 2. The predicted octanol–water partition coefficient (Wildman–Crippen LogP) is 2.15. The standard InChI is InChI=1S/C19H34N2O4/c1-2-25-19(23)17(13-14-6-4-3-5-7-14)21-18(22)16(20)12-15-8-10-24-11-9-15/h14-17H,2-13,20H2,1H3,(H,21,22)/t16?,17-/m0/s1. The highest BCUT2D eigenvalue weighted by atomic mass is 16.5. The lowest BCUT2D eigenvalue weighted by Gasteiger charge is -2.28. The van der Waals surface area contributed by atoms with Crippen molar-refractivity contribution < 1.29 is 19.1 Å². The van der Waals surface area contributed by atoms with Gasteiger partial charge in [0, 0.05) is 13.2 Å². The van der Waals surface area contributed by atoms with Crippen molar-refractivity contribution in [2.75, 3.05) is 19.8 Å². The van der Waals surface area contributed by atoms with E-state index in [1.165, 1.54) is 19.3 Å². The molecule has 3 N–H and O–H groups in total. The van der Waals surface area contributed by atoms with Gasteiger partial charge in [0.05, 0.1) is 12.6 Å². The van der Waals surface area contributed by atoms with E-state index in [1.54, 1.807) is 6.92 Å². The van der Waals surface area contributed by atoms with Crippen LogP contribution in [-0.2, 0) is 19.1 Å². The molecular weight excluding hydrogens is 320 g/mol. The zero-order valence-electron chi connectivity index (χ0n) is 15.5. The molecule has 0 spiro atoms. The number of rotatable bonds is 8. The molecule has 2 atom stereocenters. The fourth-order valence-electron chi connectivity index (χ4n) is 3.94. The van der Waals surface area contributed by atoms with Gasteiger partial charge in [-0.2, -0.15) is 0 Å². The molecule has 1 amide bonds. The van der Waals surface area contributed by atoms with E-state index in [-0.39, 0.29) is 11.9 Å². The molecule has 2 aliphatic rings. The van der Waals surface area contributed by atoms with Gasteiger partial charge in [0.25, 0.3) is 0 Å². The van der Waals surface area contributed by atoms with Crippen molar-refractivity contribution in [1.29, 1.82) is 0 Å². The Kier molecular flexibility index (Phi) is 8.68. The molecule has 0 aromatic carbocycles. The summed E-state index contributed by atoms with van der Waals surface area (Å²) in [6.45, 7) is 3.59. The molecule has 6 nitrogen and oxygen atoms in total. The first kappa shape index (κ1) is 20.2. The second-order valence-corrected chi connectivity index (χ2v) is 7.45. The monoisotopic (exact) mass is 354 g/mol. The summed E-state index contributed by atoms with van der Waals surface area (Å²) in [5.74, 6) is 0.337. The molecule has 1 saturated heterocycles. The van der Waals surface area contributed by atoms with Crippen LogP contribution < -0.4 is 11.1 Å². The molecule has 0 bridgehead atoms. The molecule has 1 aliphatic heterocycles. The highest BCUT2D eigenvalue weighted by Gasteiger charge is 2.29. The fraction of sp³-hybridized carbons (Fsp3) is 0.895. The molecule has 25 heavy (non-hydrogen) atoms. The van der Waals surface area contributed by atoms with Gasteiger partial charge in [-0.15, -0.1) is 0 Å². The molecule has 1 heterocycles. The molecule has 0 radical (unpaired) electrons. The first-order valence-corrected chi connectivity index (χ1v) is 9.90. The van der Waals surface area contributed by atoms with Crippen LogP contribution in [0.25, 0.3) is 0 Å². The summed E-state index contributed by atoms with van der Waals surface area (Å²) < 4.78 is 10.5. The van der Waals surface area contributed by atoms with E-state index in [9.17, 15) is 9.59 Å². The normalized spacial score (nSPS) is 22.2. The molecular formula is C19H34N2O4. The quantitative estimate of drug-likeness (QED) is 0.652. The van der Waals surface area contributed by atoms with Gasteiger partial charge in [-0.05, 0) is 44.4 Å². The van der Waals surface area contributed by atoms with Crippen LogP contribution in [0, 0.1) is 11.8 Å². The maximum atomic E-state index is 12.5. The predicted molar refractivity (Wildman–Crippen MR) is 95.9 cm³/mol. The molecule has 144 valence electrons. The molecule has 2 rings (SSSR count). The van der Waals surface area contributed by atoms with Crippen LogP contribution in [0.4, 0.5) is 0 Å². The topological polar surface area (TPSA) is 90.7 Å². The summed E-state index contributed by atoms with van der Waals surface area (Å²) in [5, 5.41) is 2.87. The van der Waals surface area contributed by atoms with E-state index in [4.69, 9.17) is 15.2 Å². The van der Waals surface area contributed by atoms with E-state index in [0.29, 0.717) is 31.3 Å². The number of nitrogens with two attached hydrogens (primary N) is 1. The Bertz CT molecular complexity index is 418. The number of hydrogen-bond donors (Lipinski definition) is 2. The minimum atomic E-state index is -0.577. The van der Waals surface area contributed by atoms with Crippen LogP contribution in [0.5, 0.6) is 0 Å². The largest absolute Gasteiger partial charge is 0.464 e. The summed E-state index contributed by atoms with van der Waals surface area (Å²) in [7, 11) is 0. The summed E-state index contributed by atoms with van der Waals surface area (Å²) in [5.41, 5.74) is 6.10. The minimum Gasteiger partial charge on any atom is -0.464 e. The Labute approximate surface area is 151 Å². The third-order valence-corrected chi connectivity index (χ3v) is 5.45. The average Bonchev–Trinajstić information content (AvgIpc) is 2.63. The number of esters is 1. The van der Waals surface area contributed by atoms with Crippen LogP contribution in [0.2, 0.25) is 0 Å². The van der Waals surface area contributed by atoms with E-state index >= 15 is 0 Å². The van der Waals surface area contributed by atoms with Crippen molar-refractivity contribution in [3.63, 3.8) is 0 Å². The van der Waals surface area contributed by atoms with Crippen LogP contribution in [0.3, 0.4) is 0 Å². The van der Waals surface area contributed by atoms with Gasteiger partial charge in [0.2, 0.25) is 5.91 Å². The van der Waals surface area contributed by atoms with Crippen LogP contribution in [0.1, 0.15) is 64.7 Å². The van der Waals surface area contributed by atoms with Gasteiger partial charge < -0.3 is 20.5 Å². The van der Waals surface area contributed by atoms with Gasteiger partial charge in [-0.25, -0.2) is 4.79 Å². The lowest BCUT2D eigenvalue weighted by atomic mass is 9.84.